The molecule has 4 amide bonds. The van der Waals surface area contributed by atoms with E-state index < -0.39 is 35.7 Å². The molecule has 0 bridgehead atoms. The molecule has 21 nitrogen and oxygen atoms in total. The van der Waals surface area contributed by atoms with Crippen LogP contribution in [0.3, 0.4) is 0 Å². The quantitative estimate of drug-likeness (QED) is 0.0966. The number of thiophene rings is 2. The van der Waals surface area contributed by atoms with Gasteiger partial charge in [0.1, 0.15) is 40.3 Å². The summed E-state index contributed by atoms with van der Waals surface area (Å²) in [6.07, 6.45) is 9.51. The maximum absolute atomic E-state index is 13.2. The Bertz CT molecular complexity index is 3680. The van der Waals surface area contributed by atoms with Gasteiger partial charge in [0, 0.05) is 61.9 Å². The van der Waals surface area contributed by atoms with Crippen LogP contribution in [0.4, 0.5) is 14.8 Å². The normalized spacial score (nSPS) is 14.4. The maximum Gasteiger partial charge on any atom is 0.408 e. The topological polar surface area (TPSA) is 242 Å². The number of hydrogen-bond donors (Lipinski definition) is 3. The number of carboxylic acids is 1. The number of aromatic carboxylic acids is 1. The monoisotopic (exact) mass is 1180 g/mol. The Balaban J connectivity index is 0.000000210. The van der Waals surface area contributed by atoms with Gasteiger partial charge >= 0.3 is 12.1 Å². The summed E-state index contributed by atoms with van der Waals surface area (Å²) in [6, 6.07) is 18.1. The van der Waals surface area contributed by atoms with E-state index in [9.17, 15) is 24.0 Å². The molecule has 0 saturated carbocycles. The first-order valence-corrected chi connectivity index (χ1v) is 28.3. The van der Waals surface area contributed by atoms with E-state index >= 15 is 0 Å². The molecule has 10 rings (SSSR count). The van der Waals surface area contributed by atoms with E-state index in [1.165, 1.54) is 40.0 Å². The van der Waals surface area contributed by atoms with Crippen molar-refractivity contribution in [1.82, 2.24) is 59.7 Å². The Kier molecular flexibility index (Phi) is 21.3. The number of carbonyl (C=O) groups excluding carboxylic acids is 4. The lowest BCUT2D eigenvalue weighted by atomic mass is 10.2. The van der Waals surface area contributed by atoms with Gasteiger partial charge in [-0.15, -0.1) is 56.4 Å². The number of alkyl carbamates (subject to hydrolysis) is 1. The van der Waals surface area contributed by atoms with E-state index in [4.69, 9.17) is 9.84 Å². The molecule has 82 heavy (non-hydrogen) atoms. The van der Waals surface area contributed by atoms with Gasteiger partial charge in [0.2, 0.25) is 5.82 Å². The van der Waals surface area contributed by atoms with Crippen LogP contribution in [-0.2, 0) is 41.5 Å². The van der Waals surface area contributed by atoms with Crippen molar-refractivity contribution >= 4 is 86.0 Å². The summed E-state index contributed by atoms with van der Waals surface area (Å²) in [5, 5.41) is 32.2. The van der Waals surface area contributed by atoms with Crippen LogP contribution in [0, 0.1) is 45.0 Å². The highest BCUT2D eigenvalue weighted by Gasteiger charge is 2.35. The van der Waals surface area contributed by atoms with Crippen LogP contribution >= 0.6 is 46.2 Å². The number of hydrogen-bond acceptors (Lipinski definition) is 16. The summed E-state index contributed by atoms with van der Waals surface area (Å²) in [7, 11) is 7.16. The van der Waals surface area contributed by atoms with E-state index in [2.05, 4.69) is 64.7 Å². The third-order valence-electron chi connectivity index (χ3n) is 11.7. The van der Waals surface area contributed by atoms with Gasteiger partial charge in [-0.2, -0.15) is 10.2 Å². The Hall–Kier alpha value is -8.49. The molecule has 2 aliphatic rings. The molecule has 8 aromatic rings. The number of rotatable bonds is 8. The molecule has 2 aliphatic heterocycles. The Morgan fingerprint density at radius 1 is 0.671 bits per heavy atom. The van der Waals surface area contributed by atoms with Crippen molar-refractivity contribution in [3.05, 3.63) is 160 Å². The largest absolute Gasteiger partial charge is 0.475 e. The van der Waals surface area contributed by atoms with Crippen molar-refractivity contribution in [2.75, 3.05) is 35.4 Å². The number of thioether (sulfide) groups is 2. The van der Waals surface area contributed by atoms with Crippen LogP contribution in [0.25, 0.3) is 0 Å². The summed E-state index contributed by atoms with van der Waals surface area (Å²) >= 11 is 6.06. The summed E-state index contributed by atoms with van der Waals surface area (Å²) in [5.41, 5.74) is 5.24. The first-order valence-electron chi connectivity index (χ1n) is 24.7. The molecule has 25 heteroatoms. The van der Waals surface area contributed by atoms with Gasteiger partial charge in [0.05, 0.1) is 46.4 Å². The number of aromatic nitrogens is 10. The highest BCUT2D eigenvalue weighted by molar-refractivity contribution is 8.00. The zero-order valence-electron chi connectivity index (χ0n) is 46.1. The zero-order valence-corrected chi connectivity index (χ0v) is 49.4. The highest BCUT2D eigenvalue weighted by atomic mass is 32.2. The van der Waals surface area contributed by atoms with Crippen LogP contribution in [-0.4, -0.2) is 127 Å². The first kappa shape index (κ1) is 62.7. The second-order valence-corrected chi connectivity index (χ2v) is 23.2. The molecule has 0 aliphatic carbocycles. The Morgan fingerprint density at radius 2 is 1.10 bits per heavy atom. The second-order valence-electron chi connectivity index (χ2n) is 19.1. The van der Waals surface area contributed by atoms with E-state index in [0.29, 0.717) is 24.6 Å². The van der Waals surface area contributed by atoms with Gasteiger partial charge < -0.3 is 37.7 Å². The number of fused-ring (bicyclic) bond motifs is 2. The summed E-state index contributed by atoms with van der Waals surface area (Å²) in [4.78, 5) is 76.5. The molecule has 0 saturated heterocycles. The molecular weight excluding hydrogens is 1120 g/mol. The fraction of sp³-hybridized carbons (Fsp3) is 0.298. The van der Waals surface area contributed by atoms with Crippen molar-refractivity contribution in [3.8, 4) is 23.7 Å². The molecule has 3 N–H and O–H groups in total. The molecule has 0 unspecified atom stereocenters. The minimum absolute atomic E-state index is 0. The predicted octanol–water partition coefficient (Wildman–Crippen LogP) is 7.96. The van der Waals surface area contributed by atoms with Crippen molar-refractivity contribution in [2.45, 2.75) is 82.6 Å². The van der Waals surface area contributed by atoms with E-state index in [1.54, 1.807) is 94.6 Å². The van der Waals surface area contributed by atoms with E-state index in [1.807, 2.05) is 101 Å². The van der Waals surface area contributed by atoms with Crippen molar-refractivity contribution in [3.63, 3.8) is 0 Å². The number of ether oxygens (including phenoxy) is 1. The summed E-state index contributed by atoms with van der Waals surface area (Å²) in [6.45, 7) is 10.4. The lowest BCUT2D eigenvalue weighted by Crippen LogP contribution is -2.49. The third-order valence-corrected chi connectivity index (χ3v) is 17.1. The van der Waals surface area contributed by atoms with Crippen molar-refractivity contribution in [2.24, 2.45) is 14.1 Å². The SMILES string of the molecule is C.Cc1c(C#Cc2cnn(C)c2)sc2c1SC[C@H](NC(=O)OC(C)(C)C)C(=O)N2C.Cc1c(C#Cc2cnn(C)c2)sc2c1SC[C@H](NC(=O)c1ncn(Cc3ccccc3)n1)C(=O)N2C.O=C(O)c1ncn(Cc2ccccc2)n1.[CH3-]. The molecule has 2 aromatic carbocycles. The molecule has 2 atom stereocenters. The molecule has 6 aromatic heterocycles. The Labute approximate surface area is 492 Å². The van der Waals surface area contributed by atoms with Crippen molar-refractivity contribution < 1.29 is 33.8 Å². The minimum atomic E-state index is -1.11. The number of amides is 4. The number of carboxylic acid groups (broad SMARTS) is 1. The summed E-state index contributed by atoms with van der Waals surface area (Å²) < 4.78 is 11.8. The molecule has 0 radical (unpaired) electrons. The van der Waals surface area contributed by atoms with Crippen LogP contribution in [0.2, 0.25) is 0 Å². The number of carbonyl (C=O) groups is 5. The number of nitrogens with zero attached hydrogens (tertiary/aromatic N) is 12. The second kappa shape index (κ2) is 27.8. The van der Waals surface area contributed by atoms with Gasteiger partial charge in [0.15, 0.2) is 0 Å². The third kappa shape index (κ3) is 16.1. The molecule has 428 valence electrons. The van der Waals surface area contributed by atoms with E-state index in [-0.39, 0.29) is 38.3 Å². The lowest BCUT2D eigenvalue weighted by molar-refractivity contribution is -0.120. The average molecular weight is 1180 g/mol. The maximum atomic E-state index is 13.2. The zero-order chi connectivity index (χ0) is 57.3. The van der Waals surface area contributed by atoms with Gasteiger partial charge in [-0.25, -0.2) is 28.9 Å². The van der Waals surface area contributed by atoms with Crippen molar-refractivity contribution in [1.29, 1.82) is 0 Å². The van der Waals surface area contributed by atoms with Crippen LogP contribution in [0.15, 0.2) is 108 Å². The minimum Gasteiger partial charge on any atom is -0.475 e. The van der Waals surface area contributed by atoms with Crippen LogP contribution in [0.5, 0.6) is 0 Å². The molecule has 0 spiro atoms. The number of aryl methyl sites for hydroxylation is 2. The first-order chi connectivity index (χ1) is 38.2. The van der Waals surface area contributed by atoms with Gasteiger partial charge in [0.25, 0.3) is 23.5 Å². The standard InChI is InChI=1S/C25H23N7O2S2.C20H24N4O3S2.C10H9N3O2.CH4.CH3/c1-16-20(10-9-18-11-27-30(2)12-18)36-25-21(16)35-14-19(24(34)31(25)3)28-23(33)22-26-15-32(29-22)13-17-7-5-4-6-8-17;1-12-15(8-7-13-9-21-23(5)10-13)29-18-16(12)28-11-14(17(25)24(18)6)22-19(26)27-20(2,3)4;14-10(15)9-11-7-13(12-9)6-8-4-2-1-3-5-8;;/h4-8,11-12,15,19H,13-14H2,1-3H3,(H,28,33);9-10,14H,11H2,1-6H3,(H,22,26);1-5,7H,6H2,(H,14,15);1H4;1H3/q;;;;-1/t19-;14-;;;/m00.../s1. The molecule has 0 fully saturated rings. The smallest absolute Gasteiger partial charge is 0.408 e. The number of likely N-dealkylation sites (N-methyl/N-ethyl adjacent to an activating group) is 2. The fourth-order valence-corrected chi connectivity index (χ4v) is 12.8. The van der Waals surface area contributed by atoms with Gasteiger partial charge in [-0.3, -0.25) is 23.7 Å². The lowest BCUT2D eigenvalue weighted by Gasteiger charge is -2.24. The number of anilines is 2. The van der Waals surface area contributed by atoms with Gasteiger partial charge in [-0.05, 0) is 56.9 Å². The fourth-order valence-electron chi connectivity index (χ4n) is 7.72. The summed E-state index contributed by atoms with van der Waals surface area (Å²) in [5.74, 6) is 11.4. The number of nitrogens with one attached hydrogen (secondary N) is 2. The van der Waals surface area contributed by atoms with E-state index in [0.717, 1.165) is 62.9 Å². The predicted molar refractivity (Wildman–Crippen MR) is 320 cm³/mol. The average Bonchev–Trinajstić information content (AvgIpc) is 4.40. The molecule has 8 heterocycles. The van der Waals surface area contributed by atoms with Crippen LogP contribution < -0.4 is 20.4 Å². The highest BCUT2D eigenvalue weighted by Crippen LogP contribution is 2.45. The van der Waals surface area contributed by atoms with Gasteiger partial charge in [-0.1, -0.05) is 91.8 Å². The molecular formula is C57H63N14O7S4-. The van der Waals surface area contributed by atoms with Crippen LogP contribution in [0.1, 0.15) is 92.6 Å². The number of benzene rings is 2. The Morgan fingerprint density at radius 3 is 1.50 bits per heavy atom.